The molecule has 0 rings (SSSR count). The van der Waals surface area contributed by atoms with Crippen LogP contribution in [0.2, 0.25) is 0 Å². The first-order valence-corrected chi connectivity index (χ1v) is 15.2. The topological polar surface area (TPSA) is 224 Å². The number of carbonyl (C=O) groups is 6. The van der Waals surface area contributed by atoms with Gasteiger partial charge in [-0.3, -0.25) is 28.8 Å². The maximum absolute atomic E-state index is 10.1. The van der Waals surface area contributed by atoms with Crippen molar-refractivity contribution in [2.75, 3.05) is 0 Å². The van der Waals surface area contributed by atoms with Crippen LogP contribution in [0, 0.1) is 80.8 Å². The van der Waals surface area contributed by atoms with E-state index >= 15 is 0 Å². The maximum atomic E-state index is 10.1. The molecule has 0 aromatic carbocycles. The largest absolute Gasteiger partial charge is 0.481 e. The monoisotopic (exact) mass is 910 g/mol. The van der Waals surface area contributed by atoms with Gasteiger partial charge in [0.25, 0.3) is 0 Å². The molecule has 0 saturated heterocycles. The molecule has 0 amide bonds. The van der Waals surface area contributed by atoms with Gasteiger partial charge in [0.1, 0.15) is 0 Å². The van der Waals surface area contributed by atoms with E-state index in [1.54, 1.807) is 0 Å². The Morgan fingerprint density at radius 1 is 0.227 bits per heavy atom. The van der Waals surface area contributed by atoms with E-state index in [1.165, 1.54) is 0 Å². The van der Waals surface area contributed by atoms with Gasteiger partial charge in [0.15, 0.2) is 0 Å². The molecule has 0 spiro atoms. The third kappa shape index (κ3) is 64.4. The van der Waals surface area contributed by atoms with E-state index in [-0.39, 0.29) is 119 Å². The van der Waals surface area contributed by atoms with E-state index < -0.39 is 35.8 Å². The first-order valence-electron chi connectivity index (χ1n) is 15.2. The summed E-state index contributed by atoms with van der Waals surface area (Å²) in [6.07, 6.45) is 17.5. The quantitative estimate of drug-likeness (QED) is 0.0467. The van der Waals surface area contributed by atoms with Crippen molar-refractivity contribution in [3.8, 4) is 0 Å². The molecule has 0 fully saturated rings. The molecule has 0 saturated carbocycles. The van der Waals surface area contributed by atoms with E-state index in [4.69, 9.17) is 30.6 Å². The van der Waals surface area contributed by atoms with Crippen molar-refractivity contribution in [3.63, 3.8) is 0 Å². The van der Waals surface area contributed by atoms with Gasteiger partial charge < -0.3 is 30.6 Å². The Kier molecular flexibility index (Phi) is 51.2. The van der Waals surface area contributed by atoms with Gasteiger partial charge in [-0.25, -0.2) is 0 Å². The SMILES string of the molecule is O=C(O)CCCCCCCCC(=O)O.O=C(O)CCCCCCCCC(=O)O.O=C(O)CCCCCCCCC(=O)O.[Sm].[Sm]. The third-order valence-electron chi connectivity index (χ3n) is 6.09. The minimum atomic E-state index is -0.740. The van der Waals surface area contributed by atoms with E-state index in [2.05, 4.69) is 0 Å². The fourth-order valence-electron chi connectivity index (χ4n) is 3.78. The number of carboxylic acids is 6. The molecule has 0 aromatic rings. The smallest absolute Gasteiger partial charge is 0.303 e. The van der Waals surface area contributed by atoms with Crippen LogP contribution < -0.4 is 0 Å². The second kappa shape index (κ2) is 42.5. The Hall–Kier alpha value is -0.505. The molecule has 0 aliphatic carbocycles. The number of rotatable bonds is 27. The molecule has 258 valence electrons. The van der Waals surface area contributed by atoms with Crippen molar-refractivity contribution in [2.24, 2.45) is 0 Å². The molecule has 0 unspecified atom stereocenters. The second-order valence-electron chi connectivity index (χ2n) is 10.2. The Labute approximate surface area is 326 Å². The summed E-state index contributed by atoms with van der Waals surface area (Å²) in [6.45, 7) is 0. The predicted molar refractivity (Wildman–Crippen MR) is 157 cm³/mol. The fourth-order valence-corrected chi connectivity index (χ4v) is 3.78. The molecule has 0 bridgehead atoms. The normalized spacial score (nSPS) is 9.55. The molecular weight excluding hydrogens is 853 g/mol. The van der Waals surface area contributed by atoms with Crippen LogP contribution >= 0.6 is 0 Å². The van der Waals surface area contributed by atoms with E-state index in [0.29, 0.717) is 0 Å². The van der Waals surface area contributed by atoms with Crippen molar-refractivity contribution < 1.29 is 140 Å². The third-order valence-corrected chi connectivity index (χ3v) is 6.09. The number of unbranched alkanes of at least 4 members (excludes halogenated alkanes) is 15. The number of hydrogen-bond donors (Lipinski definition) is 6. The van der Waals surface area contributed by atoms with Crippen molar-refractivity contribution >= 4 is 35.8 Å². The van der Waals surface area contributed by atoms with Gasteiger partial charge in [0.05, 0.1) is 0 Å². The van der Waals surface area contributed by atoms with Crippen LogP contribution in [-0.4, -0.2) is 66.5 Å². The molecule has 0 atom stereocenters. The van der Waals surface area contributed by atoms with Gasteiger partial charge >= 0.3 is 35.8 Å². The molecule has 44 heavy (non-hydrogen) atoms. The molecule has 0 aliphatic heterocycles. The Morgan fingerprint density at radius 2 is 0.318 bits per heavy atom. The molecule has 0 aliphatic rings. The molecule has 0 radical (unpaired) electrons. The van der Waals surface area contributed by atoms with Crippen LogP contribution in [0.1, 0.15) is 154 Å². The summed E-state index contributed by atoms with van der Waals surface area (Å²) in [6, 6.07) is 0. The van der Waals surface area contributed by atoms with Crippen molar-refractivity contribution in [2.45, 2.75) is 154 Å². The summed E-state index contributed by atoms with van der Waals surface area (Å²) in [4.78, 5) is 60.9. The summed E-state index contributed by atoms with van der Waals surface area (Å²) in [7, 11) is 0. The van der Waals surface area contributed by atoms with Gasteiger partial charge in [0, 0.05) is 119 Å². The Balaban J connectivity index is -0.000000169. The molecule has 14 heteroatoms. The average molecular weight is 907 g/mol. The van der Waals surface area contributed by atoms with Gasteiger partial charge in [-0.1, -0.05) is 77.0 Å². The fraction of sp³-hybridized carbons (Fsp3) is 0.800. The van der Waals surface area contributed by atoms with Crippen LogP contribution in [-0.2, 0) is 28.8 Å². The van der Waals surface area contributed by atoms with Gasteiger partial charge in [-0.15, -0.1) is 0 Å². The van der Waals surface area contributed by atoms with Gasteiger partial charge in [0.2, 0.25) is 0 Å². The standard InChI is InChI=1S/3C10H18O4.2Sm/c3*11-9(12)7-5-3-1-2-4-6-8-10(13)14;;/h3*1-8H2,(H,11,12)(H,13,14);;. The van der Waals surface area contributed by atoms with Crippen molar-refractivity contribution in [3.05, 3.63) is 0 Å². The number of carboxylic acid groups (broad SMARTS) is 6. The molecular formula is C30H54O12Sm2. The van der Waals surface area contributed by atoms with E-state index in [9.17, 15) is 28.8 Å². The average Bonchev–Trinajstić information content (AvgIpc) is 2.88. The zero-order valence-corrected chi connectivity index (χ0v) is 31.2. The summed E-state index contributed by atoms with van der Waals surface area (Å²) in [5.74, 6) is -4.44. The first-order chi connectivity index (χ1) is 19.9. The summed E-state index contributed by atoms with van der Waals surface area (Å²) >= 11 is 0. The Bertz CT molecular complexity index is 578. The predicted octanol–water partition coefficient (Wildman–Crippen LogP) is 6.83. The van der Waals surface area contributed by atoms with Crippen molar-refractivity contribution in [1.29, 1.82) is 0 Å². The van der Waals surface area contributed by atoms with E-state index in [1.807, 2.05) is 0 Å². The molecule has 12 nitrogen and oxygen atoms in total. The number of aliphatic carboxylic acids is 6. The minimum absolute atomic E-state index is 0. The first kappa shape index (κ1) is 53.0. The Morgan fingerprint density at radius 3 is 0.409 bits per heavy atom. The zero-order valence-electron chi connectivity index (χ0n) is 25.9. The van der Waals surface area contributed by atoms with Crippen LogP contribution in [0.3, 0.4) is 0 Å². The molecule has 0 heterocycles. The van der Waals surface area contributed by atoms with Crippen molar-refractivity contribution in [1.82, 2.24) is 0 Å². The summed E-state index contributed by atoms with van der Waals surface area (Å²) in [5.41, 5.74) is 0. The zero-order chi connectivity index (χ0) is 32.4. The van der Waals surface area contributed by atoms with E-state index in [0.717, 1.165) is 116 Å². The van der Waals surface area contributed by atoms with Gasteiger partial charge in [-0.05, 0) is 38.5 Å². The van der Waals surface area contributed by atoms with Crippen LogP contribution in [0.25, 0.3) is 0 Å². The van der Waals surface area contributed by atoms with Gasteiger partial charge in [-0.2, -0.15) is 0 Å². The van der Waals surface area contributed by atoms with Crippen LogP contribution in [0.4, 0.5) is 0 Å². The second-order valence-corrected chi connectivity index (χ2v) is 10.2. The molecule has 0 aromatic heterocycles. The minimum Gasteiger partial charge on any atom is -0.481 e. The van der Waals surface area contributed by atoms with Crippen LogP contribution in [0.5, 0.6) is 0 Å². The maximum Gasteiger partial charge on any atom is 0.303 e. The summed E-state index contributed by atoms with van der Waals surface area (Å²) in [5, 5.41) is 50.1. The molecule has 6 N–H and O–H groups in total. The number of hydrogen-bond acceptors (Lipinski definition) is 6. The van der Waals surface area contributed by atoms with Crippen LogP contribution in [0.15, 0.2) is 0 Å². The summed E-state index contributed by atoms with van der Waals surface area (Å²) < 4.78 is 0.